The zero-order valence-electron chi connectivity index (χ0n) is 11.9. The van der Waals surface area contributed by atoms with Gasteiger partial charge in [-0.05, 0) is 54.9 Å². The molecule has 5 heteroatoms. The lowest BCUT2D eigenvalue weighted by Gasteiger charge is -2.26. The van der Waals surface area contributed by atoms with Gasteiger partial charge in [-0.25, -0.2) is 13.1 Å². The molecule has 0 atom stereocenters. The number of fused-ring (bicyclic) bond motifs is 1. The fourth-order valence-electron chi connectivity index (χ4n) is 3.10. The van der Waals surface area contributed by atoms with E-state index in [2.05, 4.69) is 17.0 Å². The average Bonchev–Trinajstić information content (AvgIpc) is 2.88. The van der Waals surface area contributed by atoms with Crippen molar-refractivity contribution in [2.45, 2.75) is 56.6 Å². The topological polar surface area (TPSA) is 58.2 Å². The molecule has 0 spiro atoms. The maximum absolute atomic E-state index is 12.5. The van der Waals surface area contributed by atoms with Crippen LogP contribution in [0, 0.1) is 5.92 Å². The van der Waals surface area contributed by atoms with Gasteiger partial charge in [0.2, 0.25) is 10.0 Å². The van der Waals surface area contributed by atoms with E-state index in [1.54, 1.807) is 6.07 Å². The van der Waals surface area contributed by atoms with Crippen molar-refractivity contribution in [3.05, 3.63) is 29.3 Å². The minimum atomic E-state index is -3.38. The van der Waals surface area contributed by atoms with E-state index in [9.17, 15) is 8.42 Å². The van der Waals surface area contributed by atoms with Gasteiger partial charge in [-0.1, -0.05) is 13.0 Å². The van der Waals surface area contributed by atoms with E-state index in [1.165, 1.54) is 5.56 Å². The normalized spacial score (nSPS) is 26.4. The Bertz CT molecular complexity index is 590. The molecule has 110 valence electrons. The van der Waals surface area contributed by atoms with E-state index in [-0.39, 0.29) is 6.04 Å². The molecule has 1 fully saturated rings. The van der Waals surface area contributed by atoms with E-state index in [1.807, 2.05) is 12.1 Å². The summed E-state index contributed by atoms with van der Waals surface area (Å²) in [5.74, 6) is 0.724. The summed E-state index contributed by atoms with van der Waals surface area (Å²) in [4.78, 5) is 0.401. The molecule has 0 aromatic heterocycles. The molecule has 0 unspecified atom stereocenters. The number of sulfonamides is 1. The van der Waals surface area contributed by atoms with E-state index in [0.717, 1.165) is 50.3 Å². The molecule has 1 saturated carbocycles. The molecule has 0 saturated heterocycles. The molecule has 4 nitrogen and oxygen atoms in total. The van der Waals surface area contributed by atoms with Crippen LogP contribution in [0.1, 0.15) is 43.7 Å². The smallest absolute Gasteiger partial charge is 0.240 e. The molecule has 1 aromatic rings. The maximum atomic E-state index is 12.5. The Labute approximate surface area is 121 Å². The van der Waals surface area contributed by atoms with E-state index >= 15 is 0 Å². The number of nitrogens with one attached hydrogen (secondary N) is 2. The quantitative estimate of drug-likeness (QED) is 0.898. The summed E-state index contributed by atoms with van der Waals surface area (Å²) in [5, 5.41) is 3.24. The van der Waals surface area contributed by atoms with Gasteiger partial charge in [-0.15, -0.1) is 0 Å². The molecule has 0 bridgehead atoms. The van der Waals surface area contributed by atoms with Gasteiger partial charge in [0.15, 0.2) is 0 Å². The molecule has 1 aromatic carbocycles. The zero-order chi connectivity index (χ0) is 14.2. The number of rotatable bonds is 3. The Hall–Kier alpha value is -0.910. The molecule has 1 heterocycles. The van der Waals surface area contributed by atoms with Gasteiger partial charge in [0.25, 0.3) is 0 Å². The average molecular weight is 294 g/mol. The van der Waals surface area contributed by atoms with Crippen molar-refractivity contribution in [2.75, 3.05) is 0 Å². The molecule has 1 aliphatic carbocycles. The van der Waals surface area contributed by atoms with Crippen LogP contribution in [-0.2, 0) is 23.1 Å². The van der Waals surface area contributed by atoms with E-state index < -0.39 is 10.0 Å². The molecule has 1 aliphatic heterocycles. The van der Waals surface area contributed by atoms with Crippen molar-refractivity contribution < 1.29 is 8.42 Å². The van der Waals surface area contributed by atoms with Gasteiger partial charge in [-0.2, -0.15) is 0 Å². The second-order valence-electron chi connectivity index (χ2n) is 6.11. The molecular formula is C15H22N2O2S. The standard InChI is InChI=1S/C15H22N2O2S/c1-11-2-5-14(6-3-11)17-20(18,19)15-7-4-12-9-16-10-13(12)8-15/h4,7-8,11,14,16-17H,2-3,5-6,9-10H2,1H3. The summed E-state index contributed by atoms with van der Waals surface area (Å²) in [6.07, 6.45) is 4.13. The van der Waals surface area contributed by atoms with Gasteiger partial charge in [0.05, 0.1) is 4.90 Å². The Morgan fingerprint density at radius 2 is 1.80 bits per heavy atom. The SMILES string of the molecule is CC1CCC(NS(=O)(=O)c2ccc3c(c2)CNC3)CC1. The molecular weight excluding hydrogens is 272 g/mol. The van der Waals surface area contributed by atoms with Crippen molar-refractivity contribution in [2.24, 2.45) is 5.92 Å². The zero-order valence-corrected chi connectivity index (χ0v) is 12.7. The first kappa shape index (κ1) is 14.0. The van der Waals surface area contributed by atoms with Crippen LogP contribution in [0.15, 0.2) is 23.1 Å². The van der Waals surface area contributed by atoms with Gasteiger partial charge in [-0.3, -0.25) is 0 Å². The third kappa shape index (κ3) is 2.90. The summed E-state index contributed by atoms with van der Waals surface area (Å²) < 4.78 is 27.8. The van der Waals surface area contributed by atoms with Crippen molar-refractivity contribution in [1.29, 1.82) is 0 Å². The fraction of sp³-hybridized carbons (Fsp3) is 0.600. The first-order valence-corrected chi connectivity index (χ1v) is 8.88. The first-order chi connectivity index (χ1) is 9.54. The summed E-state index contributed by atoms with van der Waals surface area (Å²) >= 11 is 0. The van der Waals surface area contributed by atoms with Crippen LogP contribution >= 0.6 is 0 Å². The van der Waals surface area contributed by atoms with Gasteiger partial charge < -0.3 is 5.32 Å². The summed E-state index contributed by atoms with van der Waals surface area (Å²) in [6, 6.07) is 5.55. The van der Waals surface area contributed by atoms with Crippen LogP contribution in [-0.4, -0.2) is 14.5 Å². The number of benzene rings is 1. The summed E-state index contributed by atoms with van der Waals surface area (Å²) in [6.45, 7) is 3.83. The molecule has 3 rings (SSSR count). The third-order valence-electron chi connectivity index (χ3n) is 4.46. The second-order valence-corrected chi connectivity index (χ2v) is 7.83. The summed E-state index contributed by atoms with van der Waals surface area (Å²) in [5.41, 5.74) is 2.31. The molecule has 0 radical (unpaired) electrons. The lowest BCUT2D eigenvalue weighted by molar-refractivity contribution is 0.332. The lowest BCUT2D eigenvalue weighted by Crippen LogP contribution is -2.37. The van der Waals surface area contributed by atoms with Crippen LogP contribution in [0.25, 0.3) is 0 Å². The Morgan fingerprint density at radius 1 is 1.10 bits per heavy atom. The largest absolute Gasteiger partial charge is 0.309 e. The summed E-state index contributed by atoms with van der Waals surface area (Å²) in [7, 11) is -3.38. The van der Waals surface area contributed by atoms with Crippen LogP contribution in [0.2, 0.25) is 0 Å². The highest BCUT2D eigenvalue weighted by atomic mass is 32.2. The number of hydrogen-bond acceptors (Lipinski definition) is 3. The van der Waals surface area contributed by atoms with Crippen LogP contribution in [0.4, 0.5) is 0 Å². The maximum Gasteiger partial charge on any atom is 0.240 e. The molecule has 20 heavy (non-hydrogen) atoms. The van der Waals surface area contributed by atoms with Crippen molar-refractivity contribution in [3.8, 4) is 0 Å². The predicted octanol–water partition coefficient (Wildman–Crippen LogP) is 2.15. The Balaban J connectivity index is 1.75. The first-order valence-electron chi connectivity index (χ1n) is 7.39. The Morgan fingerprint density at radius 3 is 2.55 bits per heavy atom. The van der Waals surface area contributed by atoms with Gasteiger partial charge in [0, 0.05) is 19.1 Å². The Kier molecular flexibility index (Phi) is 3.84. The minimum Gasteiger partial charge on any atom is -0.309 e. The van der Waals surface area contributed by atoms with E-state index in [4.69, 9.17) is 0 Å². The molecule has 2 N–H and O–H groups in total. The highest BCUT2D eigenvalue weighted by molar-refractivity contribution is 7.89. The monoisotopic (exact) mass is 294 g/mol. The fourth-order valence-corrected chi connectivity index (χ4v) is 4.46. The van der Waals surface area contributed by atoms with Crippen molar-refractivity contribution in [3.63, 3.8) is 0 Å². The van der Waals surface area contributed by atoms with Crippen molar-refractivity contribution in [1.82, 2.24) is 10.0 Å². The third-order valence-corrected chi connectivity index (χ3v) is 5.97. The molecule has 0 amide bonds. The van der Waals surface area contributed by atoms with Crippen LogP contribution < -0.4 is 10.0 Å². The predicted molar refractivity (Wildman–Crippen MR) is 78.7 cm³/mol. The van der Waals surface area contributed by atoms with Gasteiger partial charge in [0.1, 0.15) is 0 Å². The lowest BCUT2D eigenvalue weighted by atomic mass is 9.88. The second kappa shape index (κ2) is 5.47. The highest BCUT2D eigenvalue weighted by Crippen LogP contribution is 2.25. The van der Waals surface area contributed by atoms with E-state index in [0.29, 0.717) is 4.90 Å². The van der Waals surface area contributed by atoms with Gasteiger partial charge >= 0.3 is 0 Å². The van der Waals surface area contributed by atoms with Crippen molar-refractivity contribution >= 4 is 10.0 Å². The number of hydrogen-bond donors (Lipinski definition) is 2. The highest BCUT2D eigenvalue weighted by Gasteiger charge is 2.25. The minimum absolute atomic E-state index is 0.0996. The molecule has 2 aliphatic rings. The van der Waals surface area contributed by atoms with Crippen LogP contribution in [0.5, 0.6) is 0 Å². The van der Waals surface area contributed by atoms with Crippen LogP contribution in [0.3, 0.4) is 0 Å².